The van der Waals surface area contributed by atoms with Gasteiger partial charge in [-0.2, -0.15) is 8.78 Å². The molecule has 1 heterocycles. The maximum absolute atomic E-state index is 14.7. The highest BCUT2D eigenvalue weighted by Crippen LogP contribution is 2.38. The summed E-state index contributed by atoms with van der Waals surface area (Å²) in [6.07, 6.45) is -5.58. The monoisotopic (exact) mass is 520 g/mol. The summed E-state index contributed by atoms with van der Waals surface area (Å²) >= 11 is 0. The Bertz CT molecular complexity index is 1210. The number of halogens is 8. The number of alkyl halides is 2. The first kappa shape index (κ1) is 27.4. The molecule has 1 fully saturated rings. The fourth-order valence-corrected chi connectivity index (χ4v) is 3.50. The predicted molar refractivity (Wildman–Crippen MR) is 113 cm³/mol. The van der Waals surface area contributed by atoms with Gasteiger partial charge in [0.25, 0.3) is 0 Å². The van der Waals surface area contributed by atoms with E-state index in [1.807, 2.05) is 6.92 Å². The topological polar surface area (TPSA) is 27.7 Å². The summed E-state index contributed by atoms with van der Waals surface area (Å²) in [7, 11) is 0. The van der Waals surface area contributed by atoms with Crippen molar-refractivity contribution in [1.82, 2.24) is 0 Å². The summed E-state index contributed by atoms with van der Waals surface area (Å²) in [5.41, 5.74) is -2.27. The first-order valence-corrected chi connectivity index (χ1v) is 10.2. The lowest BCUT2D eigenvalue weighted by Gasteiger charge is -2.27. The second kappa shape index (κ2) is 10.4. The largest absolute Gasteiger partial charge is 0.432 e. The van der Waals surface area contributed by atoms with Crippen LogP contribution in [0.3, 0.4) is 0 Å². The van der Waals surface area contributed by atoms with E-state index in [1.54, 1.807) is 0 Å². The number of hydrogen-bond acceptors (Lipinski definition) is 3. The van der Waals surface area contributed by atoms with E-state index in [9.17, 15) is 35.1 Å². The summed E-state index contributed by atoms with van der Waals surface area (Å²) in [4.78, 5) is 0. The fraction of sp³-hybridized carbons (Fsp3) is 0.280. The molecule has 0 radical (unpaired) electrons. The third-order valence-electron chi connectivity index (χ3n) is 5.18. The highest BCUT2D eigenvalue weighted by molar-refractivity contribution is 5.65. The van der Waals surface area contributed by atoms with Crippen molar-refractivity contribution in [3.63, 3.8) is 0 Å². The summed E-state index contributed by atoms with van der Waals surface area (Å²) in [6.45, 7) is 2.68. The number of ether oxygens (including phenoxy) is 3. The van der Waals surface area contributed by atoms with Gasteiger partial charge in [-0.05, 0) is 23.8 Å². The zero-order valence-electron chi connectivity index (χ0n) is 17.9. The number of rotatable bonds is 5. The van der Waals surface area contributed by atoms with Crippen LogP contribution in [0.4, 0.5) is 35.1 Å². The van der Waals surface area contributed by atoms with E-state index in [0.717, 1.165) is 6.07 Å². The van der Waals surface area contributed by atoms with Crippen molar-refractivity contribution in [2.45, 2.75) is 26.7 Å². The molecule has 3 aromatic carbocycles. The maximum Gasteiger partial charge on any atom is 0.432 e. The molecule has 0 aromatic heterocycles. The van der Waals surface area contributed by atoms with E-state index in [1.165, 1.54) is 12.1 Å². The molecule has 194 valence electrons. The average molecular weight is 520 g/mol. The minimum atomic E-state index is -4.75. The van der Waals surface area contributed by atoms with Gasteiger partial charge in [-0.15, -0.1) is 0 Å². The Kier molecular flexibility index (Phi) is 7.94. The Morgan fingerprint density at radius 3 is 1.86 bits per heavy atom. The summed E-state index contributed by atoms with van der Waals surface area (Å²) in [5, 5.41) is 0. The van der Waals surface area contributed by atoms with Crippen LogP contribution in [0.5, 0.6) is 5.75 Å². The third kappa shape index (κ3) is 5.46. The van der Waals surface area contributed by atoms with Crippen molar-refractivity contribution in [1.29, 1.82) is 0 Å². The Hall–Kier alpha value is -3.18. The molecule has 0 spiro atoms. The maximum atomic E-state index is 14.7. The van der Waals surface area contributed by atoms with Gasteiger partial charge in [0.15, 0.2) is 23.7 Å². The van der Waals surface area contributed by atoms with Gasteiger partial charge in [0.1, 0.15) is 28.8 Å². The summed E-state index contributed by atoms with van der Waals surface area (Å²) in [5.74, 6) is -11.2. The van der Waals surface area contributed by atoms with Crippen LogP contribution in [0.25, 0.3) is 11.1 Å². The smallest absolute Gasteiger partial charge is 0.429 e. The molecule has 0 amide bonds. The molecule has 3 nitrogen and oxygen atoms in total. The zero-order chi connectivity index (χ0) is 25.5. The van der Waals surface area contributed by atoms with Crippen LogP contribution in [0.1, 0.15) is 31.8 Å². The standard InChI is InChI=1S/C24H16F8O3.CH4/c1-11-9-33-23(34-10-11)12-2-3-15(16(25)4-12)13-5-17(26)21(18(27)6-13)24(31,32)35-14-7-19(28)22(30)20(29)8-14;/h2-8,11,23H,9-10H2,1H3;1H4. The predicted octanol–water partition coefficient (Wildman–Crippen LogP) is 7.63. The van der Waals surface area contributed by atoms with Crippen LogP contribution in [-0.2, 0) is 15.6 Å². The second-order valence-electron chi connectivity index (χ2n) is 7.98. The Labute approximate surface area is 201 Å². The molecule has 0 atom stereocenters. The van der Waals surface area contributed by atoms with E-state index < -0.39 is 64.2 Å². The lowest BCUT2D eigenvalue weighted by Crippen LogP contribution is -2.25. The molecule has 4 rings (SSSR count). The Balaban J connectivity index is 0.00000361. The molecule has 3 aromatic rings. The molecule has 36 heavy (non-hydrogen) atoms. The third-order valence-corrected chi connectivity index (χ3v) is 5.18. The van der Waals surface area contributed by atoms with Gasteiger partial charge in [0.05, 0.1) is 13.2 Å². The molecule has 0 aliphatic carbocycles. The van der Waals surface area contributed by atoms with Crippen molar-refractivity contribution < 1.29 is 49.3 Å². The zero-order valence-corrected chi connectivity index (χ0v) is 17.9. The molecule has 1 saturated heterocycles. The lowest BCUT2D eigenvalue weighted by molar-refractivity contribution is -0.202. The fourth-order valence-electron chi connectivity index (χ4n) is 3.50. The molecule has 0 unspecified atom stereocenters. The molecule has 1 aliphatic rings. The van der Waals surface area contributed by atoms with Crippen molar-refractivity contribution in [3.8, 4) is 16.9 Å². The quantitative estimate of drug-likeness (QED) is 0.256. The lowest BCUT2D eigenvalue weighted by atomic mass is 10.00. The number of hydrogen-bond donors (Lipinski definition) is 0. The van der Waals surface area contributed by atoms with E-state index in [-0.39, 0.29) is 31.0 Å². The van der Waals surface area contributed by atoms with E-state index in [2.05, 4.69) is 4.74 Å². The van der Waals surface area contributed by atoms with Crippen LogP contribution in [0.15, 0.2) is 42.5 Å². The van der Waals surface area contributed by atoms with Gasteiger partial charge < -0.3 is 14.2 Å². The van der Waals surface area contributed by atoms with Crippen molar-refractivity contribution in [2.75, 3.05) is 13.2 Å². The Morgan fingerprint density at radius 1 is 0.778 bits per heavy atom. The molecular weight excluding hydrogens is 500 g/mol. The highest BCUT2D eigenvalue weighted by Gasteiger charge is 2.41. The van der Waals surface area contributed by atoms with Gasteiger partial charge in [-0.25, -0.2) is 26.3 Å². The molecule has 1 aliphatic heterocycles. The van der Waals surface area contributed by atoms with Crippen molar-refractivity contribution >= 4 is 0 Å². The van der Waals surface area contributed by atoms with E-state index in [0.29, 0.717) is 30.9 Å². The van der Waals surface area contributed by atoms with E-state index >= 15 is 0 Å². The minimum Gasteiger partial charge on any atom is -0.429 e. The first-order valence-electron chi connectivity index (χ1n) is 10.2. The molecular formula is C25H20F8O3. The van der Waals surface area contributed by atoms with Gasteiger partial charge in [0, 0.05) is 29.2 Å². The average Bonchev–Trinajstić information content (AvgIpc) is 2.76. The van der Waals surface area contributed by atoms with Crippen molar-refractivity contribution in [3.05, 3.63) is 88.5 Å². The molecule has 0 saturated carbocycles. The van der Waals surface area contributed by atoms with Crippen LogP contribution >= 0.6 is 0 Å². The highest BCUT2D eigenvalue weighted by atomic mass is 19.3. The SMILES string of the molecule is C.CC1COC(c2ccc(-c3cc(F)c(C(F)(F)Oc4cc(F)c(F)c(F)c4)c(F)c3)c(F)c2)OC1. The van der Waals surface area contributed by atoms with Gasteiger partial charge in [0.2, 0.25) is 0 Å². The van der Waals surface area contributed by atoms with Crippen LogP contribution in [0, 0.1) is 40.8 Å². The second-order valence-corrected chi connectivity index (χ2v) is 7.98. The van der Waals surface area contributed by atoms with Crippen LogP contribution < -0.4 is 4.74 Å². The first-order chi connectivity index (χ1) is 16.5. The summed E-state index contributed by atoms with van der Waals surface area (Å²) < 4.78 is 127. The van der Waals surface area contributed by atoms with Gasteiger partial charge in [-0.1, -0.05) is 26.5 Å². The Morgan fingerprint density at radius 2 is 1.33 bits per heavy atom. The minimum absolute atomic E-state index is 0. The van der Waals surface area contributed by atoms with E-state index in [4.69, 9.17) is 9.47 Å². The molecule has 11 heteroatoms. The molecule has 0 bridgehead atoms. The van der Waals surface area contributed by atoms with Crippen LogP contribution in [-0.4, -0.2) is 13.2 Å². The van der Waals surface area contributed by atoms with Gasteiger partial charge >= 0.3 is 6.11 Å². The van der Waals surface area contributed by atoms with Crippen LogP contribution in [0.2, 0.25) is 0 Å². The normalized spacial score (nSPS) is 18.0. The molecule has 0 N–H and O–H groups in total. The number of benzene rings is 3. The van der Waals surface area contributed by atoms with Gasteiger partial charge in [-0.3, -0.25) is 0 Å². The summed E-state index contributed by atoms with van der Waals surface area (Å²) in [6, 6.07) is 4.71. The van der Waals surface area contributed by atoms with Crippen molar-refractivity contribution in [2.24, 2.45) is 5.92 Å².